The fraction of sp³-hybridized carbons (Fsp3) is 0.263. The Kier molecular flexibility index (Phi) is 5.36. The van der Waals surface area contributed by atoms with E-state index in [1.54, 1.807) is 30.3 Å². The second kappa shape index (κ2) is 7.68. The van der Waals surface area contributed by atoms with Gasteiger partial charge in [-0.15, -0.1) is 0 Å². The van der Waals surface area contributed by atoms with Crippen molar-refractivity contribution in [3.8, 4) is 11.5 Å². The van der Waals surface area contributed by atoms with E-state index in [4.69, 9.17) is 21.1 Å². The van der Waals surface area contributed by atoms with Gasteiger partial charge in [-0.25, -0.2) is 9.67 Å². The van der Waals surface area contributed by atoms with Crippen LogP contribution in [0, 0.1) is 0 Å². The summed E-state index contributed by atoms with van der Waals surface area (Å²) in [6.07, 6.45) is 4.03. The molecule has 0 fully saturated rings. The highest BCUT2D eigenvalue weighted by molar-refractivity contribution is 6.30. The van der Waals surface area contributed by atoms with Crippen LogP contribution in [0.3, 0.4) is 0 Å². The van der Waals surface area contributed by atoms with Crippen LogP contribution in [0.15, 0.2) is 61.2 Å². The first-order valence-corrected chi connectivity index (χ1v) is 8.44. The van der Waals surface area contributed by atoms with Crippen LogP contribution in [-0.4, -0.2) is 21.9 Å². The van der Waals surface area contributed by atoms with Crippen molar-refractivity contribution in [2.45, 2.75) is 25.5 Å². The fourth-order valence-electron chi connectivity index (χ4n) is 2.78. The quantitative estimate of drug-likeness (QED) is 0.616. The van der Waals surface area contributed by atoms with Crippen LogP contribution in [-0.2, 0) is 16.9 Å². The molecule has 3 rings (SSSR count). The number of methoxy groups -OCH3 is 1. The molecule has 0 bridgehead atoms. The van der Waals surface area contributed by atoms with Gasteiger partial charge in [0, 0.05) is 12.1 Å². The number of halogens is 1. The summed E-state index contributed by atoms with van der Waals surface area (Å²) in [5.74, 6) is 1.50. The minimum absolute atomic E-state index is 0.466. The third kappa shape index (κ3) is 4.00. The Labute approximate surface area is 152 Å². The standard InChI is InChI=1S/C19H20ClN3O2/c1-3-19(24-2,12-23-14-21-13-22-23)15-4-8-17(9-5-15)25-18-10-6-16(20)7-11-18/h4-11,13-14H,3,12H2,1-2H3. The first-order chi connectivity index (χ1) is 12.1. The number of hydrogen-bond donors (Lipinski definition) is 0. The minimum Gasteiger partial charge on any atom is -0.457 e. The van der Waals surface area contributed by atoms with Crippen LogP contribution in [0.25, 0.3) is 0 Å². The molecule has 2 aromatic carbocycles. The molecule has 1 unspecified atom stereocenters. The Morgan fingerprint density at radius 1 is 1.04 bits per heavy atom. The zero-order valence-electron chi connectivity index (χ0n) is 14.2. The molecule has 0 aliphatic rings. The van der Waals surface area contributed by atoms with E-state index in [-0.39, 0.29) is 0 Å². The Hall–Kier alpha value is -2.37. The zero-order chi connectivity index (χ0) is 17.7. The van der Waals surface area contributed by atoms with Gasteiger partial charge in [-0.05, 0) is 48.4 Å². The molecular formula is C19H20ClN3O2. The number of rotatable bonds is 7. The van der Waals surface area contributed by atoms with Gasteiger partial charge in [-0.2, -0.15) is 5.10 Å². The van der Waals surface area contributed by atoms with Crippen molar-refractivity contribution >= 4 is 11.6 Å². The molecule has 130 valence electrons. The third-order valence-electron chi connectivity index (χ3n) is 4.28. The average molecular weight is 358 g/mol. The number of benzene rings is 2. The van der Waals surface area contributed by atoms with Crippen LogP contribution >= 0.6 is 11.6 Å². The Morgan fingerprint density at radius 2 is 1.68 bits per heavy atom. The lowest BCUT2D eigenvalue weighted by Gasteiger charge is -2.31. The summed E-state index contributed by atoms with van der Waals surface area (Å²) in [6.45, 7) is 2.69. The highest BCUT2D eigenvalue weighted by Gasteiger charge is 2.31. The van der Waals surface area contributed by atoms with Crippen LogP contribution < -0.4 is 4.74 Å². The molecule has 0 amide bonds. The normalized spacial score (nSPS) is 13.4. The lowest BCUT2D eigenvalue weighted by Crippen LogP contribution is -2.33. The molecule has 0 spiro atoms. The summed E-state index contributed by atoms with van der Waals surface area (Å²) in [5, 5.41) is 4.88. The molecule has 0 aliphatic heterocycles. The molecule has 0 N–H and O–H groups in total. The highest BCUT2D eigenvalue weighted by atomic mass is 35.5. The Bertz CT molecular complexity index is 783. The second-order valence-corrected chi connectivity index (χ2v) is 6.16. The van der Waals surface area contributed by atoms with E-state index in [0.717, 1.165) is 23.5 Å². The first kappa shape index (κ1) is 17.5. The van der Waals surface area contributed by atoms with Gasteiger partial charge < -0.3 is 9.47 Å². The molecule has 3 aromatic rings. The molecule has 5 nitrogen and oxygen atoms in total. The lowest BCUT2D eigenvalue weighted by molar-refractivity contribution is -0.0354. The number of nitrogens with zero attached hydrogens (tertiary/aromatic N) is 3. The van der Waals surface area contributed by atoms with E-state index < -0.39 is 5.60 Å². The van der Waals surface area contributed by atoms with Crippen molar-refractivity contribution in [1.29, 1.82) is 0 Å². The average Bonchev–Trinajstić information content (AvgIpc) is 3.15. The molecule has 6 heteroatoms. The molecule has 0 saturated heterocycles. The predicted molar refractivity (Wildman–Crippen MR) is 97.0 cm³/mol. The van der Waals surface area contributed by atoms with Gasteiger partial charge in [0.15, 0.2) is 0 Å². The van der Waals surface area contributed by atoms with E-state index in [9.17, 15) is 0 Å². The first-order valence-electron chi connectivity index (χ1n) is 8.07. The highest BCUT2D eigenvalue weighted by Crippen LogP contribution is 2.33. The van der Waals surface area contributed by atoms with E-state index in [1.165, 1.54) is 6.33 Å². The second-order valence-electron chi connectivity index (χ2n) is 5.73. The monoisotopic (exact) mass is 357 g/mol. The molecule has 0 radical (unpaired) electrons. The molecule has 0 aliphatic carbocycles. The molecule has 0 saturated carbocycles. The van der Waals surface area contributed by atoms with Gasteiger partial charge in [0.2, 0.25) is 0 Å². The topological polar surface area (TPSA) is 49.2 Å². The van der Waals surface area contributed by atoms with Crippen molar-refractivity contribution in [1.82, 2.24) is 14.8 Å². The van der Waals surface area contributed by atoms with Crippen LogP contribution in [0.4, 0.5) is 0 Å². The van der Waals surface area contributed by atoms with Crippen molar-refractivity contribution < 1.29 is 9.47 Å². The summed E-state index contributed by atoms with van der Waals surface area (Å²) in [6, 6.07) is 15.2. The summed E-state index contributed by atoms with van der Waals surface area (Å²) in [7, 11) is 1.72. The van der Waals surface area contributed by atoms with Gasteiger partial charge in [0.05, 0.1) is 6.54 Å². The van der Waals surface area contributed by atoms with Gasteiger partial charge in [-0.3, -0.25) is 0 Å². The maximum absolute atomic E-state index is 5.89. The summed E-state index contributed by atoms with van der Waals surface area (Å²) in [5.41, 5.74) is 0.600. The van der Waals surface area contributed by atoms with Crippen molar-refractivity contribution in [2.24, 2.45) is 0 Å². The van der Waals surface area contributed by atoms with E-state index in [1.807, 2.05) is 36.4 Å². The number of ether oxygens (including phenoxy) is 2. The van der Waals surface area contributed by atoms with Gasteiger partial charge >= 0.3 is 0 Å². The smallest absolute Gasteiger partial charge is 0.137 e. The molecule has 1 atom stereocenters. The Balaban J connectivity index is 1.80. The maximum atomic E-state index is 5.89. The molecule has 25 heavy (non-hydrogen) atoms. The fourth-order valence-corrected chi connectivity index (χ4v) is 2.90. The SMILES string of the molecule is CCC(Cn1cncn1)(OC)c1ccc(Oc2ccc(Cl)cc2)cc1. The lowest BCUT2D eigenvalue weighted by atomic mass is 9.90. The summed E-state index contributed by atoms with van der Waals surface area (Å²) in [4.78, 5) is 4.00. The largest absolute Gasteiger partial charge is 0.457 e. The molecule has 1 heterocycles. The molecular weight excluding hydrogens is 338 g/mol. The van der Waals surface area contributed by atoms with Gasteiger partial charge in [0.1, 0.15) is 29.8 Å². The zero-order valence-corrected chi connectivity index (χ0v) is 15.0. The van der Waals surface area contributed by atoms with Crippen molar-refractivity contribution in [3.05, 3.63) is 71.8 Å². The third-order valence-corrected chi connectivity index (χ3v) is 4.53. The maximum Gasteiger partial charge on any atom is 0.137 e. The van der Waals surface area contributed by atoms with Gasteiger partial charge in [-0.1, -0.05) is 30.7 Å². The van der Waals surface area contributed by atoms with Crippen LogP contribution in [0.5, 0.6) is 11.5 Å². The summed E-state index contributed by atoms with van der Waals surface area (Å²) >= 11 is 5.89. The summed E-state index contributed by atoms with van der Waals surface area (Å²) < 4.78 is 13.5. The van der Waals surface area contributed by atoms with Crippen LogP contribution in [0.1, 0.15) is 18.9 Å². The molecule has 1 aromatic heterocycles. The number of hydrogen-bond acceptors (Lipinski definition) is 4. The van der Waals surface area contributed by atoms with E-state index >= 15 is 0 Å². The van der Waals surface area contributed by atoms with Crippen molar-refractivity contribution in [3.63, 3.8) is 0 Å². The van der Waals surface area contributed by atoms with Crippen molar-refractivity contribution in [2.75, 3.05) is 7.11 Å². The minimum atomic E-state index is -0.466. The van der Waals surface area contributed by atoms with Crippen LogP contribution in [0.2, 0.25) is 5.02 Å². The van der Waals surface area contributed by atoms with Gasteiger partial charge in [0.25, 0.3) is 0 Å². The predicted octanol–water partition coefficient (Wildman–Crippen LogP) is 4.68. The number of aromatic nitrogens is 3. The van der Waals surface area contributed by atoms with E-state index in [0.29, 0.717) is 11.6 Å². The Morgan fingerprint density at radius 3 is 2.20 bits per heavy atom. The van der Waals surface area contributed by atoms with E-state index in [2.05, 4.69) is 17.0 Å².